The smallest absolute Gasteiger partial charge is 0.373 e. The molecule has 1 N–H and O–H groups in total. The SMILES string of the molecule is CC1CN(Cc2ccc(CNC(=O)CC(F)(F)F)cc2)CC(C)O1. The topological polar surface area (TPSA) is 41.6 Å². The Hall–Kier alpha value is -1.60. The van der Waals surface area contributed by atoms with Gasteiger partial charge in [0.1, 0.15) is 6.42 Å². The number of ether oxygens (including phenoxy) is 1. The Morgan fingerprint density at radius 1 is 1.17 bits per heavy atom. The van der Waals surface area contributed by atoms with E-state index >= 15 is 0 Å². The highest BCUT2D eigenvalue weighted by Gasteiger charge is 2.30. The summed E-state index contributed by atoms with van der Waals surface area (Å²) in [5.41, 5.74) is 1.90. The van der Waals surface area contributed by atoms with Gasteiger partial charge in [0.2, 0.25) is 5.91 Å². The summed E-state index contributed by atoms with van der Waals surface area (Å²) in [6.07, 6.45) is -5.51. The Morgan fingerprint density at radius 3 is 2.25 bits per heavy atom. The van der Waals surface area contributed by atoms with Crippen molar-refractivity contribution < 1.29 is 22.7 Å². The number of benzene rings is 1. The molecule has 1 saturated heterocycles. The molecule has 2 rings (SSSR count). The summed E-state index contributed by atoms with van der Waals surface area (Å²) in [5.74, 6) is -1.01. The molecule has 0 aliphatic carbocycles. The normalized spacial score (nSPS) is 22.4. The van der Waals surface area contributed by atoms with Crippen molar-refractivity contribution in [2.24, 2.45) is 0 Å². The van der Waals surface area contributed by atoms with Gasteiger partial charge in [-0.2, -0.15) is 13.2 Å². The van der Waals surface area contributed by atoms with Crippen LogP contribution in [0, 0.1) is 0 Å². The van der Waals surface area contributed by atoms with Gasteiger partial charge < -0.3 is 10.1 Å². The van der Waals surface area contributed by atoms with Gasteiger partial charge in [0.15, 0.2) is 0 Å². The van der Waals surface area contributed by atoms with Gasteiger partial charge in [-0.15, -0.1) is 0 Å². The van der Waals surface area contributed by atoms with Gasteiger partial charge >= 0.3 is 6.18 Å². The van der Waals surface area contributed by atoms with Crippen molar-refractivity contribution in [3.05, 3.63) is 35.4 Å². The summed E-state index contributed by atoms with van der Waals surface area (Å²) in [4.78, 5) is 13.5. The second kappa shape index (κ2) is 7.98. The Morgan fingerprint density at radius 2 is 1.71 bits per heavy atom. The molecule has 134 valence electrons. The average Bonchev–Trinajstić information content (AvgIpc) is 2.43. The maximum absolute atomic E-state index is 12.1. The third-order valence-corrected chi connectivity index (χ3v) is 3.78. The van der Waals surface area contributed by atoms with Crippen LogP contribution in [0.25, 0.3) is 0 Å². The predicted octanol–water partition coefficient (Wildman–Crippen LogP) is 2.86. The van der Waals surface area contributed by atoms with Crippen molar-refractivity contribution in [3.63, 3.8) is 0 Å². The average molecular weight is 344 g/mol. The number of nitrogens with one attached hydrogen (secondary N) is 1. The molecule has 1 heterocycles. The van der Waals surface area contributed by atoms with Crippen molar-refractivity contribution in [3.8, 4) is 0 Å². The summed E-state index contributed by atoms with van der Waals surface area (Å²) in [7, 11) is 0. The second-order valence-corrected chi connectivity index (χ2v) is 6.34. The minimum Gasteiger partial charge on any atom is -0.373 e. The van der Waals surface area contributed by atoms with Crippen LogP contribution in [-0.2, 0) is 22.6 Å². The van der Waals surface area contributed by atoms with Crippen LogP contribution in [-0.4, -0.2) is 42.3 Å². The maximum atomic E-state index is 12.1. The lowest BCUT2D eigenvalue weighted by Crippen LogP contribution is -2.44. The molecule has 1 aliphatic rings. The summed E-state index contributed by atoms with van der Waals surface area (Å²) >= 11 is 0. The molecule has 1 fully saturated rings. The van der Waals surface area contributed by atoms with Crippen molar-refractivity contribution in [2.75, 3.05) is 13.1 Å². The van der Waals surface area contributed by atoms with Crippen LogP contribution in [0.4, 0.5) is 13.2 Å². The molecule has 1 amide bonds. The highest BCUT2D eigenvalue weighted by atomic mass is 19.4. The van der Waals surface area contributed by atoms with Gasteiger partial charge in [-0.1, -0.05) is 24.3 Å². The first-order chi connectivity index (χ1) is 11.2. The standard InChI is InChI=1S/C17H23F3N2O2/c1-12-9-22(10-13(2)24-12)11-15-5-3-14(4-6-15)8-21-16(23)7-17(18,19)20/h3-6,12-13H,7-11H2,1-2H3,(H,21,23). The molecule has 7 heteroatoms. The molecule has 4 nitrogen and oxygen atoms in total. The monoisotopic (exact) mass is 344 g/mol. The zero-order valence-corrected chi connectivity index (χ0v) is 13.9. The van der Waals surface area contributed by atoms with E-state index < -0.39 is 18.5 Å². The lowest BCUT2D eigenvalue weighted by atomic mass is 10.1. The van der Waals surface area contributed by atoms with Gasteiger partial charge in [-0.05, 0) is 25.0 Å². The van der Waals surface area contributed by atoms with Crippen LogP contribution in [0.15, 0.2) is 24.3 Å². The minimum atomic E-state index is -4.47. The lowest BCUT2D eigenvalue weighted by Gasteiger charge is -2.35. The van der Waals surface area contributed by atoms with Crippen LogP contribution >= 0.6 is 0 Å². The van der Waals surface area contributed by atoms with E-state index in [1.165, 1.54) is 0 Å². The van der Waals surface area contributed by atoms with Crippen molar-refractivity contribution in [1.29, 1.82) is 0 Å². The lowest BCUT2D eigenvalue weighted by molar-refractivity contribution is -0.153. The molecule has 0 saturated carbocycles. The highest BCUT2D eigenvalue weighted by Crippen LogP contribution is 2.19. The van der Waals surface area contributed by atoms with Gasteiger partial charge in [-0.25, -0.2) is 0 Å². The Labute approximate surface area is 140 Å². The Balaban J connectivity index is 1.81. The summed E-state index contributed by atoms with van der Waals surface area (Å²) in [6.45, 7) is 6.75. The fourth-order valence-corrected chi connectivity index (χ4v) is 2.88. The number of morpholine rings is 1. The number of hydrogen-bond acceptors (Lipinski definition) is 3. The van der Waals surface area contributed by atoms with E-state index in [4.69, 9.17) is 4.74 Å². The highest BCUT2D eigenvalue weighted by molar-refractivity contribution is 5.76. The molecule has 1 aromatic rings. The molecule has 2 atom stereocenters. The fourth-order valence-electron chi connectivity index (χ4n) is 2.88. The van der Waals surface area contributed by atoms with Gasteiger partial charge in [0, 0.05) is 26.2 Å². The third kappa shape index (κ3) is 6.49. The van der Waals surface area contributed by atoms with Gasteiger partial charge in [0.25, 0.3) is 0 Å². The second-order valence-electron chi connectivity index (χ2n) is 6.34. The van der Waals surface area contributed by atoms with E-state index in [-0.39, 0.29) is 18.8 Å². The number of alkyl halides is 3. The number of carbonyl (C=O) groups excluding carboxylic acids is 1. The molecular weight excluding hydrogens is 321 g/mol. The third-order valence-electron chi connectivity index (χ3n) is 3.78. The van der Waals surface area contributed by atoms with Crippen LogP contribution < -0.4 is 5.32 Å². The van der Waals surface area contributed by atoms with E-state index in [0.717, 1.165) is 30.8 Å². The molecular formula is C17H23F3N2O2. The van der Waals surface area contributed by atoms with Crippen molar-refractivity contribution in [2.45, 2.75) is 51.7 Å². The number of halogens is 3. The number of amides is 1. The molecule has 1 aliphatic heterocycles. The predicted molar refractivity (Wildman–Crippen MR) is 84.2 cm³/mol. The molecule has 0 bridgehead atoms. The number of carbonyl (C=O) groups is 1. The molecule has 0 radical (unpaired) electrons. The first-order valence-electron chi connectivity index (χ1n) is 8.00. The Kier molecular flexibility index (Phi) is 6.23. The largest absolute Gasteiger partial charge is 0.397 e. The summed E-state index contributed by atoms with van der Waals surface area (Å²) in [6, 6.07) is 7.54. The van der Waals surface area contributed by atoms with Crippen LogP contribution in [0.1, 0.15) is 31.4 Å². The van der Waals surface area contributed by atoms with E-state index in [2.05, 4.69) is 24.1 Å². The van der Waals surface area contributed by atoms with Crippen molar-refractivity contribution >= 4 is 5.91 Å². The number of rotatable bonds is 5. The fraction of sp³-hybridized carbons (Fsp3) is 0.588. The van der Waals surface area contributed by atoms with Crippen LogP contribution in [0.2, 0.25) is 0 Å². The van der Waals surface area contributed by atoms with Gasteiger partial charge in [-0.3, -0.25) is 9.69 Å². The Bertz CT molecular complexity index is 536. The molecule has 2 unspecified atom stereocenters. The molecule has 24 heavy (non-hydrogen) atoms. The van der Waals surface area contributed by atoms with E-state index in [9.17, 15) is 18.0 Å². The van der Waals surface area contributed by atoms with Crippen LogP contribution in [0.5, 0.6) is 0 Å². The zero-order chi connectivity index (χ0) is 17.7. The quantitative estimate of drug-likeness (QED) is 0.893. The number of hydrogen-bond donors (Lipinski definition) is 1. The first kappa shape index (κ1) is 18.7. The maximum Gasteiger partial charge on any atom is 0.397 e. The summed E-state index contributed by atoms with van der Waals surface area (Å²) in [5, 5.41) is 2.28. The van der Waals surface area contributed by atoms with E-state index in [1.807, 2.05) is 24.3 Å². The first-order valence-corrected chi connectivity index (χ1v) is 8.00. The van der Waals surface area contributed by atoms with Gasteiger partial charge in [0.05, 0.1) is 12.2 Å². The molecule has 0 aromatic heterocycles. The zero-order valence-electron chi connectivity index (χ0n) is 13.9. The van der Waals surface area contributed by atoms with E-state index in [0.29, 0.717) is 0 Å². The summed E-state index contributed by atoms with van der Waals surface area (Å²) < 4.78 is 42.0. The molecule has 0 spiro atoms. The van der Waals surface area contributed by atoms with Crippen LogP contribution in [0.3, 0.4) is 0 Å². The molecule has 1 aromatic carbocycles. The number of nitrogens with zero attached hydrogens (tertiary/aromatic N) is 1. The minimum absolute atomic E-state index is 0.0980. The van der Waals surface area contributed by atoms with Crippen molar-refractivity contribution in [1.82, 2.24) is 10.2 Å². The van der Waals surface area contributed by atoms with E-state index in [1.54, 1.807) is 0 Å².